The van der Waals surface area contributed by atoms with Gasteiger partial charge in [-0.25, -0.2) is 9.59 Å². The second kappa shape index (κ2) is 15.0. The molecule has 5 rings (SSSR count). The molecule has 4 N–H and O–H groups in total. The number of ether oxygens (including phenoxy) is 2. The minimum Gasteiger partial charge on any atom is -0.478 e. The topological polar surface area (TPSA) is 117 Å². The van der Waals surface area contributed by atoms with E-state index >= 15 is 0 Å². The molecule has 0 aromatic heterocycles. The highest BCUT2D eigenvalue weighted by Gasteiger charge is 2.32. The number of amides is 2. The first-order chi connectivity index (χ1) is 21.4. The first-order valence-corrected chi connectivity index (χ1v) is 15.6. The molecule has 3 atom stereocenters. The summed E-state index contributed by atoms with van der Waals surface area (Å²) in [6.45, 7) is 2.85. The van der Waals surface area contributed by atoms with E-state index in [9.17, 15) is 19.8 Å². The van der Waals surface area contributed by atoms with Gasteiger partial charge in [0.1, 0.15) is 0 Å². The highest BCUT2D eigenvalue weighted by Crippen LogP contribution is 2.40. The van der Waals surface area contributed by atoms with Gasteiger partial charge in [-0.05, 0) is 71.1 Å². The largest absolute Gasteiger partial charge is 0.478 e. The Kier molecular flexibility index (Phi) is 10.7. The maximum atomic E-state index is 11.9. The number of carbonyl (C=O) groups is 2. The van der Waals surface area contributed by atoms with Crippen molar-refractivity contribution in [2.24, 2.45) is 0 Å². The minimum atomic E-state index is -0.947. The summed E-state index contributed by atoms with van der Waals surface area (Å²) in [6.07, 6.45) is -0.300. The number of carboxylic acid groups (broad SMARTS) is 1. The predicted molar refractivity (Wildman–Crippen MR) is 170 cm³/mol. The van der Waals surface area contributed by atoms with E-state index in [1.807, 2.05) is 79.7 Å². The van der Waals surface area contributed by atoms with Gasteiger partial charge in [-0.2, -0.15) is 0 Å². The number of benzene rings is 4. The number of rotatable bonds is 11. The van der Waals surface area contributed by atoms with Crippen molar-refractivity contribution in [3.8, 4) is 11.1 Å². The molecule has 0 radical (unpaired) electrons. The van der Waals surface area contributed by atoms with Crippen LogP contribution < -0.4 is 10.6 Å². The minimum absolute atomic E-state index is 0.0204. The monoisotopic (exact) mass is 612 g/mol. The summed E-state index contributed by atoms with van der Waals surface area (Å²) < 4.78 is 13.1. The molecule has 0 bridgehead atoms. The maximum Gasteiger partial charge on any atom is 0.335 e. The van der Waals surface area contributed by atoms with E-state index in [0.717, 1.165) is 38.3 Å². The van der Waals surface area contributed by atoms with E-state index in [2.05, 4.69) is 22.8 Å². The van der Waals surface area contributed by atoms with Crippen molar-refractivity contribution in [1.29, 1.82) is 0 Å². The Balaban J connectivity index is 1.35. The standard InChI is InChI=1S/C35H36N2O6S/c1-2-36-35(41)37-20-24-5-3-6-27(17-24)28-7-4-8-29(18-28)34-42-30(22-44-31-15-13-26(14-16-31)33(39)40)19-32(43-34)25-11-9-23(21-38)10-12-25/h3-18,30,32,34,38H,2,19-22H2,1H3,(H,39,40)(H2,36,37,41). The first-order valence-electron chi connectivity index (χ1n) is 14.6. The van der Waals surface area contributed by atoms with Gasteiger partial charge in [0.2, 0.25) is 0 Å². The number of hydrogen-bond acceptors (Lipinski definition) is 6. The van der Waals surface area contributed by atoms with Crippen LogP contribution in [0.1, 0.15) is 58.4 Å². The van der Waals surface area contributed by atoms with Crippen LogP contribution >= 0.6 is 11.8 Å². The Morgan fingerprint density at radius 1 is 0.841 bits per heavy atom. The molecule has 1 heterocycles. The molecule has 4 aromatic carbocycles. The quantitative estimate of drug-likeness (QED) is 0.139. The van der Waals surface area contributed by atoms with E-state index in [1.165, 1.54) is 0 Å². The van der Waals surface area contributed by atoms with Gasteiger partial charge < -0.3 is 30.3 Å². The van der Waals surface area contributed by atoms with Crippen molar-refractivity contribution in [3.63, 3.8) is 0 Å². The van der Waals surface area contributed by atoms with Gasteiger partial charge in [0, 0.05) is 35.7 Å². The normalized spacial score (nSPS) is 18.0. The first kappa shape index (κ1) is 31.3. The summed E-state index contributed by atoms with van der Waals surface area (Å²) in [7, 11) is 0. The van der Waals surface area contributed by atoms with Crippen molar-refractivity contribution in [2.45, 2.75) is 49.9 Å². The molecule has 3 unspecified atom stereocenters. The predicted octanol–water partition coefficient (Wildman–Crippen LogP) is 6.70. The molecule has 1 aliphatic rings. The summed E-state index contributed by atoms with van der Waals surface area (Å²) in [4.78, 5) is 24.1. The number of aliphatic hydroxyl groups is 1. The molecular weight excluding hydrogens is 576 g/mol. The Morgan fingerprint density at radius 2 is 1.57 bits per heavy atom. The molecule has 8 nitrogen and oxygen atoms in total. The molecule has 2 amide bonds. The second-order valence-electron chi connectivity index (χ2n) is 10.5. The third-order valence-electron chi connectivity index (χ3n) is 7.36. The lowest BCUT2D eigenvalue weighted by Crippen LogP contribution is -2.34. The van der Waals surface area contributed by atoms with Crippen LogP contribution in [0.25, 0.3) is 11.1 Å². The summed E-state index contributed by atoms with van der Waals surface area (Å²) in [5.74, 6) is -0.282. The lowest BCUT2D eigenvalue weighted by molar-refractivity contribution is -0.245. The average Bonchev–Trinajstić information content (AvgIpc) is 3.07. The van der Waals surface area contributed by atoms with Gasteiger partial charge in [-0.1, -0.05) is 60.7 Å². The van der Waals surface area contributed by atoms with Crippen molar-refractivity contribution in [3.05, 3.63) is 125 Å². The summed E-state index contributed by atoms with van der Waals surface area (Å²) in [5, 5.41) is 24.3. The molecule has 4 aromatic rings. The molecule has 9 heteroatoms. The average molecular weight is 613 g/mol. The number of aliphatic hydroxyl groups excluding tert-OH is 1. The molecule has 1 aliphatic heterocycles. The van der Waals surface area contributed by atoms with Crippen LogP contribution in [0, 0.1) is 0 Å². The third kappa shape index (κ3) is 8.27. The lowest BCUT2D eigenvalue weighted by atomic mass is 9.99. The van der Waals surface area contributed by atoms with Crippen molar-refractivity contribution >= 4 is 23.8 Å². The van der Waals surface area contributed by atoms with Crippen LogP contribution in [0.3, 0.4) is 0 Å². The van der Waals surface area contributed by atoms with Gasteiger partial charge in [0.15, 0.2) is 6.29 Å². The molecular formula is C35H36N2O6S. The summed E-state index contributed by atoms with van der Waals surface area (Å²) in [6, 6.07) is 30.6. The zero-order valence-electron chi connectivity index (χ0n) is 24.4. The summed E-state index contributed by atoms with van der Waals surface area (Å²) in [5.41, 5.74) is 6.02. The van der Waals surface area contributed by atoms with Crippen LogP contribution in [-0.4, -0.2) is 40.6 Å². The molecule has 1 fully saturated rings. The van der Waals surface area contributed by atoms with Gasteiger partial charge in [-0.3, -0.25) is 0 Å². The zero-order valence-corrected chi connectivity index (χ0v) is 25.3. The van der Waals surface area contributed by atoms with Crippen LogP contribution in [0.5, 0.6) is 0 Å². The number of carbonyl (C=O) groups excluding carboxylic acids is 1. The number of carboxylic acids is 1. The number of thioether (sulfide) groups is 1. The van der Waals surface area contributed by atoms with E-state index in [-0.39, 0.29) is 30.4 Å². The van der Waals surface area contributed by atoms with Crippen LogP contribution in [0.4, 0.5) is 4.79 Å². The van der Waals surface area contributed by atoms with E-state index < -0.39 is 12.3 Å². The number of nitrogens with one attached hydrogen (secondary N) is 2. The number of aromatic carboxylic acids is 1. The molecule has 44 heavy (non-hydrogen) atoms. The SMILES string of the molecule is CCNC(=O)NCc1cccc(-c2cccc(C3OC(CSc4ccc(C(=O)O)cc4)CC(c4ccc(CO)cc4)O3)c2)c1. The third-order valence-corrected chi connectivity index (χ3v) is 8.51. The van der Waals surface area contributed by atoms with Crippen molar-refractivity contribution in [1.82, 2.24) is 10.6 Å². The van der Waals surface area contributed by atoms with Gasteiger partial charge in [-0.15, -0.1) is 11.8 Å². The molecule has 0 spiro atoms. The van der Waals surface area contributed by atoms with E-state index in [4.69, 9.17) is 9.47 Å². The van der Waals surface area contributed by atoms with Crippen LogP contribution in [0.15, 0.2) is 102 Å². The Bertz CT molecular complexity index is 1560. The highest BCUT2D eigenvalue weighted by atomic mass is 32.2. The Labute approximate surface area is 261 Å². The second-order valence-corrected chi connectivity index (χ2v) is 11.6. The fraction of sp³-hybridized carbons (Fsp3) is 0.257. The molecule has 228 valence electrons. The smallest absolute Gasteiger partial charge is 0.335 e. The number of urea groups is 1. The fourth-order valence-electron chi connectivity index (χ4n) is 5.04. The van der Waals surface area contributed by atoms with E-state index in [1.54, 1.807) is 23.9 Å². The van der Waals surface area contributed by atoms with Crippen LogP contribution in [-0.2, 0) is 22.6 Å². The highest BCUT2D eigenvalue weighted by molar-refractivity contribution is 7.99. The van der Waals surface area contributed by atoms with Gasteiger partial charge in [0.05, 0.1) is 24.4 Å². The van der Waals surface area contributed by atoms with Gasteiger partial charge in [0.25, 0.3) is 0 Å². The summed E-state index contributed by atoms with van der Waals surface area (Å²) >= 11 is 1.62. The maximum absolute atomic E-state index is 11.9. The number of hydrogen-bond donors (Lipinski definition) is 4. The molecule has 0 saturated carbocycles. The molecule has 0 aliphatic carbocycles. The van der Waals surface area contributed by atoms with E-state index in [0.29, 0.717) is 25.3 Å². The van der Waals surface area contributed by atoms with Crippen LogP contribution in [0.2, 0.25) is 0 Å². The zero-order chi connectivity index (χ0) is 30.9. The fourth-order valence-corrected chi connectivity index (χ4v) is 5.96. The lowest BCUT2D eigenvalue weighted by Gasteiger charge is -2.36. The Hall–Kier alpha value is -4.15. The molecule has 1 saturated heterocycles. The van der Waals surface area contributed by atoms with Crippen molar-refractivity contribution < 1.29 is 29.3 Å². The van der Waals surface area contributed by atoms with Gasteiger partial charge >= 0.3 is 12.0 Å². The Morgan fingerprint density at radius 3 is 2.27 bits per heavy atom. The van der Waals surface area contributed by atoms with Crippen molar-refractivity contribution in [2.75, 3.05) is 12.3 Å².